The van der Waals surface area contributed by atoms with Crippen molar-refractivity contribution >= 4 is 28.4 Å². The number of nitrogens with zero attached hydrogens (tertiary/aromatic N) is 4. The molecular weight excluding hydrogens is 717 g/mol. The van der Waals surface area contributed by atoms with Crippen LogP contribution in [0.4, 0.5) is 11.5 Å². The van der Waals surface area contributed by atoms with Crippen molar-refractivity contribution in [2.45, 2.75) is 128 Å². The molecule has 4 aromatic rings. The minimum Gasteiger partial charge on any atom is -0.497 e. The number of methoxy groups -OCH3 is 2. The molecule has 11 heteroatoms. The molecule has 2 aromatic heterocycles. The molecule has 8 rings (SSSR count). The number of carbonyl (C=O) groups excluding carboxylic acids is 1. The van der Waals surface area contributed by atoms with Gasteiger partial charge in [0.1, 0.15) is 35.4 Å². The highest BCUT2D eigenvalue weighted by Gasteiger charge is 2.55. The summed E-state index contributed by atoms with van der Waals surface area (Å²) in [6, 6.07) is 16.9. The summed E-state index contributed by atoms with van der Waals surface area (Å²) in [6.45, 7) is 13.4. The minimum atomic E-state index is -0.649. The molecule has 306 valence electrons. The van der Waals surface area contributed by atoms with Crippen molar-refractivity contribution < 1.29 is 23.7 Å². The topological polar surface area (TPSA) is 112 Å². The lowest BCUT2D eigenvalue weighted by Gasteiger charge is -2.46. The van der Waals surface area contributed by atoms with Crippen molar-refractivity contribution in [2.75, 3.05) is 37.9 Å². The Morgan fingerprint density at radius 2 is 1.77 bits per heavy atom. The average Bonchev–Trinajstić information content (AvgIpc) is 3.81. The van der Waals surface area contributed by atoms with Gasteiger partial charge in [0.25, 0.3) is 0 Å². The van der Waals surface area contributed by atoms with Gasteiger partial charge in [-0.2, -0.15) is 0 Å². The zero-order valence-electron chi connectivity index (χ0n) is 34.9. The molecule has 4 aliphatic rings. The Labute approximate surface area is 338 Å². The Kier molecular flexibility index (Phi) is 11.3. The van der Waals surface area contributed by atoms with E-state index in [4.69, 9.17) is 23.9 Å². The number of nitrogens with one attached hydrogen (secondary N) is 2. The number of carbonyl (C=O) groups is 1. The van der Waals surface area contributed by atoms with Crippen LogP contribution in [0.1, 0.15) is 103 Å². The van der Waals surface area contributed by atoms with Gasteiger partial charge in [-0.05, 0) is 106 Å². The van der Waals surface area contributed by atoms with Crippen LogP contribution in [0.25, 0.3) is 11.0 Å². The molecule has 4 fully saturated rings. The first-order valence-electron chi connectivity index (χ1n) is 21.1. The highest BCUT2D eigenvalue weighted by atomic mass is 16.8. The highest BCUT2D eigenvalue weighted by Crippen LogP contribution is 2.49. The number of aromatic nitrogens is 3. The van der Waals surface area contributed by atoms with E-state index in [9.17, 15) is 4.79 Å². The summed E-state index contributed by atoms with van der Waals surface area (Å²) in [7, 11) is 3.33. The standard InChI is InChI=1S/C46H62N6O5/c1-45(2,3)33-12-9-13-34(23-33)50-40(53)17-14-30-20-35(21-30)51(26-29-10-8-11-29)27-32-22-38(42-41(32)56-46(4,5)57-42)52-19-18-37-43(48-28-49-44(37)52)47-25-31-15-16-36(54-6)24-39(31)55-7/h9,12-13,15-16,18-19,23-24,28-30,32,35,38,41-42H,8,10-11,14,17,20-22,25-27H2,1-7H3,(H,50,53)(H,47,48,49). The summed E-state index contributed by atoms with van der Waals surface area (Å²) >= 11 is 0. The molecule has 3 saturated carbocycles. The van der Waals surface area contributed by atoms with Crippen LogP contribution in [0, 0.1) is 17.8 Å². The lowest BCUT2D eigenvalue weighted by atomic mass is 9.75. The summed E-state index contributed by atoms with van der Waals surface area (Å²) in [5, 5.41) is 7.67. The number of amides is 1. The second-order valence-electron chi connectivity index (χ2n) is 18.5. The van der Waals surface area contributed by atoms with Crippen molar-refractivity contribution in [1.29, 1.82) is 0 Å². The third kappa shape index (κ3) is 8.66. The fourth-order valence-electron chi connectivity index (χ4n) is 9.60. The molecule has 3 heterocycles. The molecule has 4 atom stereocenters. The van der Waals surface area contributed by atoms with Crippen LogP contribution in [0.5, 0.6) is 11.5 Å². The maximum absolute atomic E-state index is 13.0. The predicted octanol–water partition coefficient (Wildman–Crippen LogP) is 8.74. The molecule has 3 aliphatic carbocycles. The molecule has 1 amide bonds. The van der Waals surface area contributed by atoms with Crippen LogP contribution in [0.2, 0.25) is 0 Å². The van der Waals surface area contributed by atoms with Gasteiger partial charge in [0.2, 0.25) is 5.91 Å². The van der Waals surface area contributed by atoms with Gasteiger partial charge in [-0.1, -0.05) is 39.3 Å². The fourth-order valence-corrected chi connectivity index (χ4v) is 9.60. The second kappa shape index (κ2) is 16.2. The molecule has 0 bridgehead atoms. The SMILES string of the molecule is COc1ccc(CNc2ncnc3c2ccn3C2CC(CN(CC3CCC3)C3CC(CCC(=O)Nc4cccc(C(C)(C)C)c4)C3)C3OC(C)(C)OC32)c(OC)c1. The molecule has 57 heavy (non-hydrogen) atoms. The fraction of sp³-hybridized carbons (Fsp3) is 0.587. The van der Waals surface area contributed by atoms with Gasteiger partial charge in [-0.3, -0.25) is 9.69 Å². The lowest BCUT2D eigenvalue weighted by molar-refractivity contribution is -0.161. The van der Waals surface area contributed by atoms with Crippen molar-refractivity contribution in [3.63, 3.8) is 0 Å². The summed E-state index contributed by atoms with van der Waals surface area (Å²) in [5.41, 5.74) is 4.07. The van der Waals surface area contributed by atoms with E-state index in [0.717, 1.165) is 84.3 Å². The van der Waals surface area contributed by atoms with Crippen molar-refractivity contribution in [3.05, 3.63) is 72.2 Å². The average molecular weight is 779 g/mol. The highest BCUT2D eigenvalue weighted by molar-refractivity contribution is 5.90. The van der Waals surface area contributed by atoms with E-state index in [1.807, 2.05) is 44.2 Å². The van der Waals surface area contributed by atoms with Gasteiger partial charge in [0.05, 0.1) is 31.8 Å². The Morgan fingerprint density at radius 3 is 2.51 bits per heavy atom. The van der Waals surface area contributed by atoms with E-state index in [2.05, 4.69) is 70.3 Å². The predicted molar refractivity (Wildman–Crippen MR) is 224 cm³/mol. The molecule has 1 saturated heterocycles. The Morgan fingerprint density at radius 1 is 0.965 bits per heavy atom. The molecule has 0 radical (unpaired) electrons. The maximum atomic E-state index is 13.0. The van der Waals surface area contributed by atoms with E-state index in [1.165, 1.54) is 24.8 Å². The lowest BCUT2D eigenvalue weighted by Crippen LogP contribution is -2.50. The van der Waals surface area contributed by atoms with E-state index < -0.39 is 5.79 Å². The number of fused-ring (bicyclic) bond motifs is 2. The van der Waals surface area contributed by atoms with E-state index in [0.29, 0.717) is 30.8 Å². The summed E-state index contributed by atoms with van der Waals surface area (Å²) in [4.78, 5) is 25.3. The molecule has 2 aromatic carbocycles. The third-order valence-electron chi connectivity index (χ3n) is 13.1. The number of benzene rings is 2. The first-order valence-corrected chi connectivity index (χ1v) is 21.1. The van der Waals surface area contributed by atoms with Crippen LogP contribution >= 0.6 is 0 Å². The van der Waals surface area contributed by atoms with Gasteiger partial charge in [-0.25, -0.2) is 9.97 Å². The number of anilines is 2. The van der Waals surface area contributed by atoms with Gasteiger partial charge in [0, 0.05) is 61.5 Å². The number of hydrogen-bond acceptors (Lipinski definition) is 9. The zero-order valence-corrected chi connectivity index (χ0v) is 34.9. The summed E-state index contributed by atoms with van der Waals surface area (Å²) in [5.74, 6) is 3.45. The first-order chi connectivity index (χ1) is 27.4. The number of ether oxygens (including phenoxy) is 4. The van der Waals surface area contributed by atoms with E-state index >= 15 is 0 Å². The summed E-state index contributed by atoms with van der Waals surface area (Å²) < 4.78 is 26.8. The third-order valence-corrected chi connectivity index (χ3v) is 13.1. The van der Waals surface area contributed by atoms with Crippen LogP contribution in [-0.4, -0.2) is 76.7 Å². The second-order valence-corrected chi connectivity index (χ2v) is 18.5. The van der Waals surface area contributed by atoms with Crippen LogP contribution in [-0.2, 0) is 26.2 Å². The van der Waals surface area contributed by atoms with Crippen LogP contribution in [0.15, 0.2) is 61.1 Å². The Hall–Kier alpha value is -4.19. The molecule has 1 aliphatic heterocycles. The first kappa shape index (κ1) is 39.6. The normalized spacial score (nSPS) is 25.5. The van der Waals surface area contributed by atoms with Gasteiger partial charge in [-0.15, -0.1) is 0 Å². The summed E-state index contributed by atoms with van der Waals surface area (Å²) in [6.07, 6.45) is 12.5. The monoisotopic (exact) mass is 778 g/mol. The van der Waals surface area contributed by atoms with Gasteiger partial charge in [0.15, 0.2) is 5.79 Å². The smallest absolute Gasteiger partial charge is 0.224 e. The van der Waals surface area contributed by atoms with Crippen molar-refractivity contribution in [2.24, 2.45) is 17.8 Å². The quantitative estimate of drug-likeness (QED) is 0.122. The van der Waals surface area contributed by atoms with Gasteiger partial charge < -0.3 is 34.1 Å². The van der Waals surface area contributed by atoms with Crippen molar-refractivity contribution in [1.82, 2.24) is 19.4 Å². The van der Waals surface area contributed by atoms with Crippen molar-refractivity contribution in [3.8, 4) is 11.5 Å². The maximum Gasteiger partial charge on any atom is 0.224 e. The molecule has 4 unspecified atom stereocenters. The Balaban J connectivity index is 0.926. The minimum absolute atomic E-state index is 0.00432. The number of rotatable bonds is 15. The molecule has 0 spiro atoms. The largest absolute Gasteiger partial charge is 0.497 e. The van der Waals surface area contributed by atoms with Crippen LogP contribution in [0.3, 0.4) is 0 Å². The molecular formula is C46H62N6O5. The van der Waals surface area contributed by atoms with Gasteiger partial charge >= 0.3 is 0 Å². The molecule has 2 N–H and O–H groups in total. The molecule has 11 nitrogen and oxygen atoms in total. The number of hydrogen-bond donors (Lipinski definition) is 2. The van der Waals surface area contributed by atoms with E-state index in [1.54, 1.807) is 20.5 Å². The zero-order chi connectivity index (χ0) is 39.9. The van der Waals surface area contributed by atoms with E-state index in [-0.39, 0.29) is 29.6 Å². The Bertz CT molecular complexity index is 2030. The van der Waals surface area contributed by atoms with Crippen LogP contribution < -0.4 is 20.1 Å².